The molecule has 188 valence electrons. The smallest absolute Gasteiger partial charge is 0.0594 e. The first kappa shape index (κ1) is 28.3. The van der Waals surface area contributed by atoms with Crippen LogP contribution in [0.2, 0.25) is 0 Å². The van der Waals surface area contributed by atoms with Crippen LogP contribution in [0.4, 0.5) is 5.69 Å². The Labute approximate surface area is 218 Å². The lowest BCUT2D eigenvalue weighted by Crippen LogP contribution is -2.21. The summed E-state index contributed by atoms with van der Waals surface area (Å²) < 4.78 is 0. The normalized spacial score (nSPS) is 12.9. The summed E-state index contributed by atoms with van der Waals surface area (Å²) >= 11 is 0. The molecule has 2 rings (SSSR count). The van der Waals surface area contributed by atoms with Crippen LogP contribution in [0.25, 0.3) is 5.70 Å². The number of allylic oxidation sites excluding steroid dienone is 9. The maximum Gasteiger partial charge on any atom is 0.0594 e. The van der Waals surface area contributed by atoms with Gasteiger partial charge >= 0.3 is 0 Å². The average Bonchev–Trinajstić information content (AvgIpc) is 2.85. The number of nitrogens with two attached hydrogens (primary N) is 1. The lowest BCUT2D eigenvalue weighted by atomic mass is 10.1. The number of benzene rings is 2. The number of hydrogen-bond donors (Lipinski definition) is 1. The Bertz CT molecular complexity index is 1160. The third-order valence-corrected chi connectivity index (χ3v) is 5.79. The maximum absolute atomic E-state index is 6.07. The third-order valence-electron chi connectivity index (χ3n) is 5.79. The highest BCUT2D eigenvalue weighted by Gasteiger charge is 2.10. The van der Waals surface area contributed by atoms with Crippen LogP contribution in [0, 0.1) is 6.92 Å². The monoisotopic (exact) mass is 479 g/mol. The van der Waals surface area contributed by atoms with Crippen LogP contribution in [0.15, 0.2) is 127 Å². The summed E-state index contributed by atoms with van der Waals surface area (Å²) in [7, 11) is 2.09. The molecule has 0 fully saturated rings. The van der Waals surface area contributed by atoms with Crippen LogP contribution in [0.5, 0.6) is 0 Å². The molecule has 36 heavy (non-hydrogen) atoms. The van der Waals surface area contributed by atoms with Crippen LogP contribution < -0.4 is 10.6 Å². The van der Waals surface area contributed by atoms with Crippen molar-refractivity contribution in [3.63, 3.8) is 0 Å². The molecular weight excluding hydrogens is 438 g/mol. The van der Waals surface area contributed by atoms with Gasteiger partial charge in [-0.05, 0) is 75.1 Å². The van der Waals surface area contributed by atoms with Gasteiger partial charge in [0.2, 0.25) is 0 Å². The summed E-state index contributed by atoms with van der Waals surface area (Å²) in [6.45, 7) is 16.9. The Hall–Kier alpha value is -3.98. The van der Waals surface area contributed by atoms with Crippen molar-refractivity contribution >= 4 is 11.4 Å². The van der Waals surface area contributed by atoms with E-state index in [1.165, 1.54) is 11.1 Å². The van der Waals surface area contributed by atoms with Gasteiger partial charge in [-0.3, -0.25) is 0 Å². The highest BCUT2D eigenvalue weighted by molar-refractivity contribution is 5.67. The van der Waals surface area contributed by atoms with E-state index in [4.69, 9.17) is 5.73 Å². The minimum atomic E-state index is 0.883. The molecular formula is C33H41N3. The van der Waals surface area contributed by atoms with Gasteiger partial charge < -0.3 is 15.5 Å². The predicted molar refractivity (Wildman–Crippen MR) is 159 cm³/mol. The number of rotatable bonds is 12. The van der Waals surface area contributed by atoms with Crippen LogP contribution in [0.3, 0.4) is 0 Å². The largest absolute Gasteiger partial charge is 0.403 e. The zero-order valence-corrected chi connectivity index (χ0v) is 22.5. The zero-order chi connectivity index (χ0) is 26.5. The molecule has 3 nitrogen and oxygen atoms in total. The van der Waals surface area contributed by atoms with E-state index in [1.807, 2.05) is 19.1 Å². The highest BCUT2D eigenvalue weighted by Crippen LogP contribution is 2.25. The van der Waals surface area contributed by atoms with Crippen molar-refractivity contribution in [2.24, 2.45) is 5.73 Å². The number of likely N-dealkylation sites (N-methyl/N-ethyl adjacent to an activating group) is 1. The van der Waals surface area contributed by atoms with Crippen molar-refractivity contribution in [2.45, 2.75) is 34.1 Å². The SMILES string of the molecule is C=CC=C/C=C(/C)N(/C=C\C(C)=C/C(=C)C)c1ccc(/C(=C/N)N(C)CCc2ccc(C)cc2)cc1. The Kier molecular flexibility index (Phi) is 11.3. The quantitative estimate of drug-likeness (QED) is 0.314. The van der Waals surface area contributed by atoms with E-state index in [-0.39, 0.29) is 0 Å². The van der Waals surface area contributed by atoms with Gasteiger partial charge in [-0.2, -0.15) is 0 Å². The molecule has 0 aliphatic rings. The van der Waals surface area contributed by atoms with E-state index in [9.17, 15) is 0 Å². The fraction of sp³-hybridized carbons (Fsp3) is 0.212. The summed E-state index contributed by atoms with van der Waals surface area (Å²) in [5.41, 5.74) is 15.1. The number of aryl methyl sites for hydroxylation is 1. The van der Waals surface area contributed by atoms with E-state index < -0.39 is 0 Å². The van der Waals surface area contributed by atoms with Crippen LogP contribution >= 0.6 is 0 Å². The molecule has 0 atom stereocenters. The van der Waals surface area contributed by atoms with Gasteiger partial charge in [0.1, 0.15) is 0 Å². The Balaban J connectivity index is 2.25. The Morgan fingerprint density at radius 1 is 0.972 bits per heavy atom. The molecule has 3 heteroatoms. The number of nitrogens with zero attached hydrogens (tertiary/aromatic N) is 2. The molecule has 0 saturated heterocycles. The fourth-order valence-electron chi connectivity index (χ4n) is 3.80. The first-order valence-corrected chi connectivity index (χ1v) is 12.3. The summed E-state index contributed by atoms with van der Waals surface area (Å²) in [5, 5.41) is 0. The van der Waals surface area contributed by atoms with Gasteiger partial charge in [-0.1, -0.05) is 85.0 Å². The van der Waals surface area contributed by atoms with Crippen molar-refractivity contribution < 1.29 is 0 Å². The number of anilines is 1. The second kappa shape index (κ2) is 14.4. The van der Waals surface area contributed by atoms with Gasteiger partial charge in [0.25, 0.3) is 0 Å². The molecule has 0 aromatic heterocycles. The topological polar surface area (TPSA) is 32.5 Å². The van der Waals surface area contributed by atoms with Gasteiger partial charge in [-0.25, -0.2) is 0 Å². The van der Waals surface area contributed by atoms with E-state index in [0.717, 1.165) is 46.8 Å². The lowest BCUT2D eigenvalue weighted by molar-refractivity contribution is 0.483. The molecule has 0 aliphatic carbocycles. The van der Waals surface area contributed by atoms with Gasteiger partial charge in [0, 0.05) is 37.4 Å². The van der Waals surface area contributed by atoms with Crippen molar-refractivity contribution in [3.8, 4) is 0 Å². The standard InChI is InChI=1S/C33H41N3/c1-8-9-10-11-29(6)36(23-20-28(5)24-26(2)3)32-18-16-31(17-19-32)33(25-34)35(7)22-21-30-14-12-27(4)13-15-30/h8-20,23-25H,1-2,21-22,34H2,3-7H3/b10-9?,23-20-,28-24-,29-11-,33-25-. The molecule has 0 aliphatic heterocycles. The Morgan fingerprint density at radius 2 is 1.64 bits per heavy atom. The average molecular weight is 480 g/mol. The molecule has 0 spiro atoms. The van der Waals surface area contributed by atoms with Gasteiger partial charge in [0.05, 0.1) is 5.70 Å². The fourth-order valence-corrected chi connectivity index (χ4v) is 3.80. The van der Waals surface area contributed by atoms with Crippen LogP contribution in [0.1, 0.15) is 37.5 Å². The second-order valence-electron chi connectivity index (χ2n) is 9.11. The molecule has 2 N–H and O–H groups in total. The van der Waals surface area contributed by atoms with E-state index >= 15 is 0 Å². The summed E-state index contributed by atoms with van der Waals surface area (Å²) in [5.74, 6) is 0. The molecule has 2 aromatic rings. The lowest BCUT2D eigenvalue weighted by Gasteiger charge is -2.25. The van der Waals surface area contributed by atoms with Gasteiger partial charge in [0.15, 0.2) is 0 Å². The van der Waals surface area contributed by atoms with E-state index in [0.29, 0.717) is 0 Å². The first-order valence-electron chi connectivity index (χ1n) is 12.3. The van der Waals surface area contributed by atoms with E-state index in [2.05, 4.69) is 124 Å². The Morgan fingerprint density at radius 3 is 2.22 bits per heavy atom. The predicted octanol–water partition coefficient (Wildman–Crippen LogP) is 7.92. The van der Waals surface area contributed by atoms with Crippen molar-refractivity contribution in [2.75, 3.05) is 18.5 Å². The minimum absolute atomic E-state index is 0.883. The molecule has 0 saturated carbocycles. The maximum atomic E-state index is 6.07. The third kappa shape index (κ3) is 8.99. The molecule has 0 heterocycles. The molecule has 2 aromatic carbocycles. The van der Waals surface area contributed by atoms with E-state index in [1.54, 1.807) is 12.3 Å². The second-order valence-corrected chi connectivity index (χ2v) is 9.11. The summed E-state index contributed by atoms with van der Waals surface area (Å²) in [6.07, 6.45) is 16.7. The van der Waals surface area contributed by atoms with Crippen molar-refractivity contribution in [3.05, 3.63) is 144 Å². The zero-order valence-electron chi connectivity index (χ0n) is 22.5. The van der Waals surface area contributed by atoms with Crippen LogP contribution in [-0.4, -0.2) is 18.5 Å². The highest BCUT2D eigenvalue weighted by atomic mass is 15.1. The number of hydrogen-bond acceptors (Lipinski definition) is 3. The minimum Gasteiger partial charge on any atom is -0.403 e. The molecule has 0 unspecified atom stereocenters. The summed E-state index contributed by atoms with van der Waals surface area (Å²) in [6, 6.07) is 17.2. The molecule has 0 bridgehead atoms. The summed E-state index contributed by atoms with van der Waals surface area (Å²) in [4.78, 5) is 4.38. The molecule has 0 radical (unpaired) electrons. The van der Waals surface area contributed by atoms with Gasteiger partial charge in [-0.15, -0.1) is 0 Å². The first-order chi connectivity index (χ1) is 17.2. The van der Waals surface area contributed by atoms with Crippen LogP contribution in [-0.2, 0) is 6.42 Å². The molecule has 0 amide bonds. The van der Waals surface area contributed by atoms with Crippen molar-refractivity contribution in [1.29, 1.82) is 0 Å². The van der Waals surface area contributed by atoms with Crippen molar-refractivity contribution in [1.82, 2.24) is 4.90 Å².